The van der Waals surface area contributed by atoms with Crippen LogP contribution in [-0.2, 0) is 20.7 Å². The molecule has 2 amide bonds. The van der Waals surface area contributed by atoms with Crippen LogP contribution < -0.4 is 0 Å². The predicted octanol–water partition coefficient (Wildman–Crippen LogP) is 3.13. The molecule has 1 aliphatic heterocycles. The van der Waals surface area contributed by atoms with Crippen LogP contribution in [0, 0.1) is 11.7 Å². The van der Waals surface area contributed by atoms with Crippen LogP contribution in [0.2, 0.25) is 0 Å². The molecular weight excluding hydrogens is 383 g/mol. The third-order valence-electron chi connectivity index (χ3n) is 5.84. The second kappa shape index (κ2) is 8.19. The zero-order valence-corrected chi connectivity index (χ0v) is 17.4. The molecular formula is C24H27FN2O3. The van der Waals surface area contributed by atoms with Gasteiger partial charge in [-0.15, -0.1) is 0 Å². The summed E-state index contributed by atoms with van der Waals surface area (Å²) >= 11 is 0. The first-order chi connectivity index (χ1) is 14.4. The Balaban J connectivity index is 1.56. The lowest BCUT2D eigenvalue weighted by atomic mass is 9.90. The fourth-order valence-electron chi connectivity index (χ4n) is 4.07. The molecule has 5 nitrogen and oxygen atoms in total. The molecule has 2 aromatic carbocycles. The fourth-order valence-corrected chi connectivity index (χ4v) is 4.07. The number of likely N-dealkylation sites (N-methyl/N-ethyl adjacent to an activating group) is 1. The van der Waals surface area contributed by atoms with Gasteiger partial charge in [0.2, 0.25) is 5.91 Å². The number of rotatable bonds is 5. The van der Waals surface area contributed by atoms with Gasteiger partial charge >= 0.3 is 0 Å². The van der Waals surface area contributed by atoms with E-state index in [1.165, 1.54) is 17.0 Å². The highest BCUT2D eigenvalue weighted by molar-refractivity contribution is 5.88. The van der Waals surface area contributed by atoms with E-state index < -0.39 is 5.60 Å². The Labute approximate surface area is 176 Å². The van der Waals surface area contributed by atoms with Gasteiger partial charge in [0.1, 0.15) is 5.82 Å². The van der Waals surface area contributed by atoms with Crippen molar-refractivity contribution in [2.45, 2.75) is 24.9 Å². The summed E-state index contributed by atoms with van der Waals surface area (Å²) in [6.45, 7) is 1.16. The molecule has 2 aliphatic rings. The number of ether oxygens (including phenoxy) is 1. The normalized spacial score (nSPS) is 21.4. The molecule has 1 aliphatic carbocycles. The van der Waals surface area contributed by atoms with Crippen molar-refractivity contribution in [2.75, 3.05) is 33.8 Å². The molecule has 1 atom stereocenters. The predicted molar refractivity (Wildman–Crippen MR) is 112 cm³/mol. The van der Waals surface area contributed by atoms with Gasteiger partial charge in [0, 0.05) is 33.0 Å². The SMILES string of the molecule is CN(C)C(=O)[C@@]1(Cc2ccc(-c3ccc(F)cc3)cc2)CN(C(=O)C2CC2)CCO1. The Hall–Kier alpha value is -2.73. The van der Waals surface area contributed by atoms with Crippen LogP contribution >= 0.6 is 0 Å². The third-order valence-corrected chi connectivity index (χ3v) is 5.84. The van der Waals surface area contributed by atoms with E-state index >= 15 is 0 Å². The van der Waals surface area contributed by atoms with Gasteiger partial charge in [0.25, 0.3) is 5.91 Å². The summed E-state index contributed by atoms with van der Waals surface area (Å²) in [6.07, 6.45) is 2.27. The van der Waals surface area contributed by atoms with Gasteiger partial charge in [0.15, 0.2) is 5.60 Å². The topological polar surface area (TPSA) is 49.9 Å². The number of carbonyl (C=O) groups is 2. The molecule has 1 saturated carbocycles. The van der Waals surface area contributed by atoms with Crippen molar-refractivity contribution in [1.82, 2.24) is 9.80 Å². The first-order valence-electron chi connectivity index (χ1n) is 10.4. The van der Waals surface area contributed by atoms with Crippen LogP contribution in [0.3, 0.4) is 0 Å². The first-order valence-corrected chi connectivity index (χ1v) is 10.4. The Morgan fingerprint density at radius 3 is 2.23 bits per heavy atom. The van der Waals surface area contributed by atoms with Crippen molar-refractivity contribution in [3.63, 3.8) is 0 Å². The number of amides is 2. The summed E-state index contributed by atoms with van der Waals surface area (Å²) in [5, 5.41) is 0. The van der Waals surface area contributed by atoms with Crippen molar-refractivity contribution in [3.05, 3.63) is 59.9 Å². The molecule has 0 bridgehead atoms. The lowest BCUT2D eigenvalue weighted by Crippen LogP contribution is -2.62. The lowest BCUT2D eigenvalue weighted by molar-refractivity contribution is -0.173. The van der Waals surface area contributed by atoms with E-state index in [1.807, 2.05) is 24.3 Å². The summed E-state index contributed by atoms with van der Waals surface area (Å²) in [7, 11) is 3.43. The van der Waals surface area contributed by atoms with Crippen molar-refractivity contribution < 1.29 is 18.7 Å². The molecule has 2 aromatic rings. The second-order valence-corrected chi connectivity index (χ2v) is 8.46. The van der Waals surface area contributed by atoms with Gasteiger partial charge in [0.05, 0.1) is 13.2 Å². The maximum atomic E-state index is 13.2. The second-order valence-electron chi connectivity index (χ2n) is 8.46. The van der Waals surface area contributed by atoms with Gasteiger partial charge in [-0.2, -0.15) is 0 Å². The summed E-state index contributed by atoms with van der Waals surface area (Å²) in [5.74, 6) is -0.135. The standard InChI is InChI=1S/C24H27FN2O3/c1-26(2)23(29)24(16-27(13-14-30-24)22(28)20-7-8-20)15-17-3-5-18(6-4-17)19-9-11-21(25)12-10-19/h3-6,9-12,20H,7-8,13-16H2,1-2H3/t24-/m1/s1. The molecule has 0 aromatic heterocycles. The van der Waals surface area contributed by atoms with Crippen LogP contribution in [0.5, 0.6) is 0 Å². The molecule has 0 spiro atoms. The quantitative estimate of drug-likeness (QED) is 0.761. The minimum absolute atomic E-state index is 0.116. The number of hydrogen-bond donors (Lipinski definition) is 0. The number of benzene rings is 2. The zero-order chi connectivity index (χ0) is 21.3. The average molecular weight is 410 g/mol. The number of halogens is 1. The smallest absolute Gasteiger partial charge is 0.256 e. The van der Waals surface area contributed by atoms with Crippen molar-refractivity contribution >= 4 is 11.8 Å². The van der Waals surface area contributed by atoms with Crippen LogP contribution in [0.25, 0.3) is 11.1 Å². The van der Waals surface area contributed by atoms with E-state index in [-0.39, 0.29) is 30.1 Å². The van der Waals surface area contributed by atoms with Crippen LogP contribution in [0.15, 0.2) is 48.5 Å². The van der Waals surface area contributed by atoms with Crippen molar-refractivity contribution in [2.24, 2.45) is 5.92 Å². The lowest BCUT2D eigenvalue weighted by Gasteiger charge is -2.43. The summed E-state index contributed by atoms with van der Waals surface area (Å²) in [6, 6.07) is 14.2. The Bertz CT molecular complexity index is 922. The monoisotopic (exact) mass is 410 g/mol. The fraction of sp³-hybridized carbons (Fsp3) is 0.417. The van der Waals surface area contributed by atoms with E-state index in [0.717, 1.165) is 29.5 Å². The Morgan fingerprint density at radius 1 is 1.07 bits per heavy atom. The van der Waals surface area contributed by atoms with Crippen LogP contribution in [-0.4, -0.2) is 61.0 Å². The molecule has 6 heteroatoms. The van der Waals surface area contributed by atoms with E-state index in [1.54, 1.807) is 31.1 Å². The molecule has 0 radical (unpaired) electrons. The maximum Gasteiger partial charge on any atom is 0.256 e. The molecule has 158 valence electrons. The molecule has 1 heterocycles. The van der Waals surface area contributed by atoms with Gasteiger partial charge in [-0.3, -0.25) is 9.59 Å². The minimum atomic E-state index is -1.08. The van der Waals surface area contributed by atoms with E-state index in [4.69, 9.17) is 4.74 Å². The molecule has 1 saturated heterocycles. The van der Waals surface area contributed by atoms with E-state index in [0.29, 0.717) is 19.6 Å². The molecule has 2 fully saturated rings. The first kappa shape index (κ1) is 20.5. The molecule has 0 unspecified atom stereocenters. The summed E-state index contributed by atoms with van der Waals surface area (Å²) in [5.41, 5.74) is 1.78. The number of morpholine rings is 1. The van der Waals surface area contributed by atoms with Crippen molar-refractivity contribution in [3.8, 4) is 11.1 Å². The average Bonchev–Trinajstić information content (AvgIpc) is 3.59. The maximum absolute atomic E-state index is 13.2. The highest BCUT2D eigenvalue weighted by Crippen LogP contribution is 2.34. The van der Waals surface area contributed by atoms with Crippen LogP contribution in [0.4, 0.5) is 4.39 Å². The Morgan fingerprint density at radius 2 is 1.67 bits per heavy atom. The van der Waals surface area contributed by atoms with Crippen LogP contribution in [0.1, 0.15) is 18.4 Å². The number of hydrogen-bond acceptors (Lipinski definition) is 3. The highest BCUT2D eigenvalue weighted by Gasteiger charge is 2.47. The summed E-state index contributed by atoms with van der Waals surface area (Å²) < 4.78 is 19.2. The zero-order valence-electron chi connectivity index (χ0n) is 17.4. The third kappa shape index (κ3) is 4.24. The highest BCUT2D eigenvalue weighted by atomic mass is 19.1. The molecule has 4 rings (SSSR count). The summed E-state index contributed by atoms with van der Waals surface area (Å²) in [4.78, 5) is 29.1. The Kier molecular flexibility index (Phi) is 5.60. The van der Waals surface area contributed by atoms with Gasteiger partial charge in [-0.25, -0.2) is 4.39 Å². The minimum Gasteiger partial charge on any atom is -0.361 e. The number of nitrogens with zero attached hydrogens (tertiary/aromatic N) is 2. The van der Waals surface area contributed by atoms with Crippen molar-refractivity contribution in [1.29, 1.82) is 0 Å². The van der Waals surface area contributed by atoms with Gasteiger partial charge in [-0.1, -0.05) is 36.4 Å². The molecule has 30 heavy (non-hydrogen) atoms. The van der Waals surface area contributed by atoms with Gasteiger partial charge in [-0.05, 0) is 41.7 Å². The van der Waals surface area contributed by atoms with Gasteiger partial charge < -0.3 is 14.5 Å². The largest absolute Gasteiger partial charge is 0.361 e. The molecule has 0 N–H and O–H groups in total. The van der Waals surface area contributed by atoms with E-state index in [9.17, 15) is 14.0 Å². The number of carbonyl (C=O) groups excluding carboxylic acids is 2. The van der Waals surface area contributed by atoms with E-state index in [2.05, 4.69) is 0 Å².